The molecule has 1 aromatic carbocycles. The van der Waals surface area contributed by atoms with E-state index in [-0.39, 0.29) is 22.9 Å². The molecule has 0 heterocycles. The van der Waals surface area contributed by atoms with E-state index < -0.39 is 5.97 Å². The van der Waals surface area contributed by atoms with Crippen LogP contribution in [0, 0.1) is 0 Å². The van der Waals surface area contributed by atoms with Crippen molar-refractivity contribution in [1.82, 2.24) is 0 Å². The van der Waals surface area contributed by atoms with E-state index in [4.69, 9.17) is 21.4 Å². The Balaban J connectivity index is 2.65. The zero-order valence-corrected chi connectivity index (χ0v) is 10.7. The first-order valence-electron chi connectivity index (χ1n) is 5.45. The quantitative estimate of drug-likeness (QED) is 0.779. The van der Waals surface area contributed by atoms with Crippen molar-refractivity contribution in [3.8, 4) is 0 Å². The summed E-state index contributed by atoms with van der Waals surface area (Å²) in [5, 5.41) is 11.6. The predicted molar refractivity (Wildman–Crippen MR) is 68.2 cm³/mol. The minimum absolute atomic E-state index is 0.0423. The van der Waals surface area contributed by atoms with Gasteiger partial charge in [-0.3, -0.25) is 4.79 Å². The minimum atomic E-state index is -1.13. The van der Waals surface area contributed by atoms with Crippen molar-refractivity contribution in [1.29, 1.82) is 0 Å². The Labute approximate surface area is 110 Å². The topological polar surface area (TPSA) is 75.6 Å². The summed E-state index contributed by atoms with van der Waals surface area (Å²) in [6.07, 6.45) is 0.221. The molecule has 0 saturated carbocycles. The monoisotopic (exact) mass is 271 g/mol. The van der Waals surface area contributed by atoms with Gasteiger partial charge in [0, 0.05) is 12.3 Å². The number of carboxylic acid groups (broad SMARTS) is 1. The first kappa shape index (κ1) is 14.5. The molecule has 5 nitrogen and oxygen atoms in total. The van der Waals surface area contributed by atoms with Crippen LogP contribution in [0.15, 0.2) is 18.2 Å². The second kappa shape index (κ2) is 6.98. The van der Waals surface area contributed by atoms with E-state index >= 15 is 0 Å². The number of hydrogen-bond donors (Lipinski definition) is 2. The van der Waals surface area contributed by atoms with Crippen LogP contribution in [-0.2, 0) is 9.53 Å². The third kappa shape index (κ3) is 4.35. The van der Waals surface area contributed by atoms with E-state index in [0.29, 0.717) is 18.9 Å². The van der Waals surface area contributed by atoms with Gasteiger partial charge in [0.15, 0.2) is 0 Å². The molecule has 0 atom stereocenters. The van der Waals surface area contributed by atoms with Crippen molar-refractivity contribution >= 4 is 29.2 Å². The maximum Gasteiger partial charge on any atom is 0.337 e. The van der Waals surface area contributed by atoms with Crippen LogP contribution < -0.4 is 5.32 Å². The number of carbonyl (C=O) groups is 2. The Morgan fingerprint density at radius 1 is 1.44 bits per heavy atom. The van der Waals surface area contributed by atoms with Crippen LogP contribution in [0.5, 0.6) is 0 Å². The number of ether oxygens (including phenoxy) is 1. The molecule has 0 unspecified atom stereocenters. The van der Waals surface area contributed by atoms with Crippen molar-refractivity contribution in [2.75, 3.05) is 18.5 Å². The van der Waals surface area contributed by atoms with Gasteiger partial charge in [-0.15, -0.1) is 0 Å². The van der Waals surface area contributed by atoms with E-state index in [9.17, 15) is 9.59 Å². The molecule has 0 fully saturated rings. The maximum atomic E-state index is 11.5. The predicted octanol–water partition coefficient (Wildman–Crippen LogP) is 2.40. The summed E-state index contributed by atoms with van der Waals surface area (Å²) in [5.74, 6) is -1.37. The molecule has 0 bridgehead atoms. The second-order valence-electron chi connectivity index (χ2n) is 3.49. The molecule has 0 radical (unpaired) electrons. The highest BCUT2D eigenvalue weighted by molar-refractivity contribution is 6.33. The number of anilines is 1. The molecule has 0 aliphatic heterocycles. The lowest BCUT2D eigenvalue weighted by Crippen LogP contribution is -2.14. The van der Waals surface area contributed by atoms with Crippen LogP contribution in [0.3, 0.4) is 0 Å². The SMILES string of the molecule is CCOCCC(=O)Nc1ccc(Cl)c(C(=O)O)c1. The lowest BCUT2D eigenvalue weighted by molar-refractivity contribution is -0.117. The first-order chi connectivity index (χ1) is 8.54. The molecule has 0 aliphatic carbocycles. The van der Waals surface area contributed by atoms with Gasteiger partial charge in [0.2, 0.25) is 5.91 Å². The van der Waals surface area contributed by atoms with Gasteiger partial charge in [0.1, 0.15) is 0 Å². The van der Waals surface area contributed by atoms with E-state index in [2.05, 4.69) is 5.32 Å². The van der Waals surface area contributed by atoms with E-state index in [0.717, 1.165) is 0 Å². The highest BCUT2D eigenvalue weighted by Crippen LogP contribution is 2.20. The van der Waals surface area contributed by atoms with Gasteiger partial charge in [-0.25, -0.2) is 4.79 Å². The normalized spacial score (nSPS) is 10.1. The fourth-order valence-electron chi connectivity index (χ4n) is 1.30. The number of rotatable bonds is 6. The van der Waals surface area contributed by atoms with Crippen LogP contribution in [0.2, 0.25) is 5.02 Å². The molecule has 1 rings (SSSR count). The number of halogens is 1. The Bertz CT molecular complexity index is 448. The largest absolute Gasteiger partial charge is 0.478 e. The summed E-state index contributed by atoms with van der Waals surface area (Å²) in [5.41, 5.74) is 0.359. The smallest absolute Gasteiger partial charge is 0.337 e. The lowest BCUT2D eigenvalue weighted by Gasteiger charge is -2.07. The Morgan fingerprint density at radius 3 is 2.78 bits per heavy atom. The molecule has 18 heavy (non-hydrogen) atoms. The first-order valence-corrected chi connectivity index (χ1v) is 5.82. The van der Waals surface area contributed by atoms with Crippen LogP contribution >= 0.6 is 11.6 Å². The number of hydrogen-bond acceptors (Lipinski definition) is 3. The Hall–Kier alpha value is -1.59. The Morgan fingerprint density at radius 2 is 2.17 bits per heavy atom. The fraction of sp³-hybridized carbons (Fsp3) is 0.333. The maximum absolute atomic E-state index is 11.5. The van der Waals surface area contributed by atoms with Crippen LogP contribution in [0.4, 0.5) is 5.69 Å². The summed E-state index contributed by atoms with van der Waals surface area (Å²) in [6, 6.07) is 4.31. The zero-order valence-electron chi connectivity index (χ0n) is 9.90. The molecule has 0 spiro atoms. The van der Waals surface area contributed by atoms with Crippen LogP contribution in [-0.4, -0.2) is 30.2 Å². The summed E-state index contributed by atoms with van der Waals surface area (Å²) < 4.78 is 5.05. The standard InChI is InChI=1S/C12H14ClNO4/c1-2-18-6-5-11(15)14-8-3-4-10(13)9(7-8)12(16)17/h3-4,7H,2,5-6H2,1H3,(H,14,15)(H,16,17). The summed E-state index contributed by atoms with van der Waals surface area (Å²) in [6.45, 7) is 2.73. The number of amides is 1. The van der Waals surface area contributed by atoms with Crippen LogP contribution in [0.25, 0.3) is 0 Å². The number of nitrogens with one attached hydrogen (secondary N) is 1. The number of benzene rings is 1. The summed E-state index contributed by atoms with van der Waals surface area (Å²) in [7, 11) is 0. The minimum Gasteiger partial charge on any atom is -0.478 e. The van der Waals surface area contributed by atoms with Gasteiger partial charge in [0.25, 0.3) is 0 Å². The third-order valence-corrected chi connectivity index (χ3v) is 2.49. The van der Waals surface area contributed by atoms with E-state index in [1.165, 1.54) is 12.1 Å². The molecule has 0 aromatic heterocycles. The Kier molecular flexibility index (Phi) is 5.61. The second-order valence-corrected chi connectivity index (χ2v) is 3.90. The van der Waals surface area contributed by atoms with Gasteiger partial charge in [-0.2, -0.15) is 0 Å². The van der Waals surface area contributed by atoms with Crippen molar-refractivity contribution in [3.63, 3.8) is 0 Å². The molecule has 6 heteroatoms. The molecule has 1 aromatic rings. The van der Waals surface area contributed by atoms with Crippen LogP contribution in [0.1, 0.15) is 23.7 Å². The van der Waals surface area contributed by atoms with Crippen molar-refractivity contribution in [2.24, 2.45) is 0 Å². The molecule has 98 valence electrons. The summed E-state index contributed by atoms with van der Waals surface area (Å²) >= 11 is 5.72. The van der Waals surface area contributed by atoms with Crippen molar-refractivity contribution in [2.45, 2.75) is 13.3 Å². The summed E-state index contributed by atoms with van der Waals surface area (Å²) in [4.78, 5) is 22.3. The fourth-order valence-corrected chi connectivity index (χ4v) is 1.50. The zero-order chi connectivity index (χ0) is 13.5. The molecule has 0 saturated heterocycles. The average Bonchev–Trinajstić information content (AvgIpc) is 2.31. The molecule has 1 amide bonds. The number of carboxylic acids is 1. The number of carbonyl (C=O) groups excluding carboxylic acids is 1. The van der Waals surface area contributed by atoms with Gasteiger partial charge in [-0.05, 0) is 25.1 Å². The highest BCUT2D eigenvalue weighted by Gasteiger charge is 2.10. The van der Waals surface area contributed by atoms with E-state index in [1.807, 2.05) is 6.92 Å². The average molecular weight is 272 g/mol. The molecule has 2 N–H and O–H groups in total. The lowest BCUT2D eigenvalue weighted by atomic mass is 10.2. The van der Waals surface area contributed by atoms with E-state index in [1.54, 1.807) is 6.07 Å². The van der Waals surface area contributed by atoms with Gasteiger partial charge < -0.3 is 15.2 Å². The number of aromatic carboxylic acids is 1. The molecule has 0 aliphatic rings. The van der Waals surface area contributed by atoms with Gasteiger partial charge in [-0.1, -0.05) is 11.6 Å². The van der Waals surface area contributed by atoms with Crippen molar-refractivity contribution < 1.29 is 19.4 Å². The van der Waals surface area contributed by atoms with Gasteiger partial charge in [0.05, 0.1) is 23.6 Å². The van der Waals surface area contributed by atoms with Crippen molar-refractivity contribution in [3.05, 3.63) is 28.8 Å². The molecular formula is C12H14ClNO4. The third-order valence-electron chi connectivity index (χ3n) is 2.16. The van der Waals surface area contributed by atoms with Gasteiger partial charge >= 0.3 is 5.97 Å². The highest BCUT2D eigenvalue weighted by atomic mass is 35.5. The molecular weight excluding hydrogens is 258 g/mol.